The van der Waals surface area contributed by atoms with Crippen LogP contribution in [0.2, 0.25) is 0 Å². The Kier molecular flexibility index (Phi) is 33.0. The van der Waals surface area contributed by atoms with E-state index in [0.717, 1.165) is 25.7 Å². The standard InChI is InChI=1S/C17H26N2O2.C10H19ClO.C5H6N2.S2/c1-2-3-4-5-6-7-8-11-16(20)13-17(21)19-15-10-9-12-18-14-15;1-2-3-4-5-6-7-8-9-10(11)12;6-5-2-1-3-7-4-5;1-2/h9-10,12,14H,2-8,11,13H2,1H3,(H,19,21);2-9H2,1H3;1-4H,6H2;. The fourth-order valence-corrected chi connectivity index (χ4v) is 3.92. The number of Topliss-reactive ketones (excluding diaryl/α,β-unsaturated/α-hetero) is 1. The Balaban J connectivity index is 0. The van der Waals surface area contributed by atoms with Crippen LogP contribution >= 0.6 is 11.6 Å². The lowest BCUT2D eigenvalue weighted by molar-refractivity contribution is -0.125. The number of ketones is 1. The van der Waals surface area contributed by atoms with E-state index in [1.807, 2.05) is 0 Å². The van der Waals surface area contributed by atoms with Crippen molar-refractivity contribution in [3.8, 4) is 0 Å². The van der Waals surface area contributed by atoms with Gasteiger partial charge in [0.2, 0.25) is 11.1 Å². The second-order valence-electron chi connectivity index (χ2n) is 9.89. The maximum atomic E-state index is 11.7. The van der Waals surface area contributed by atoms with Gasteiger partial charge in [-0.2, -0.15) is 0 Å². The number of aromatic nitrogens is 2. The first-order valence-corrected chi connectivity index (χ1v) is 16.8. The third-order valence-corrected chi connectivity index (χ3v) is 6.21. The fourth-order valence-electron chi connectivity index (χ4n) is 3.79. The summed E-state index contributed by atoms with van der Waals surface area (Å²) in [5.74, 6) is -0.235. The summed E-state index contributed by atoms with van der Waals surface area (Å²) in [4.78, 5) is 41.4. The molecule has 0 radical (unpaired) electrons. The molecule has 0 aliphatic rings. The van der Waals surface area contributed by atoms with E-state index in [1.165, 1.54) is 64.2 Å². The average Bonchev–Trinajstić information content (AvgIpc) is 2.98. The van der Waals surface area contributed by atoms with Gasteiger partial charge in [-0.15, -0.1) is 0 Å². The number of pyridine rings is 2. The molecular formula is C32H51ClN4O3S2. The van der Waals surface area contributed by atoms with Crippen molar-refractivity contribution in [1.29, 1.82) is 0 Å². The van der Waals surface area contributed by atoms with Crippen molar-refractivity contribution >= 4 is 62.3 Å². The van der Waals surface area contributed by atoms with Gasteiger partial charge in [0.1, 0.15) is 5.78 Å². The van der Waals surface area contributed by atoms with Gasteiger partial charge in [0, 0.05) is 53.8 Å². The lowest BCUT2D eigenvalue weighted by atomic mass is 10.1. The van der Waals surface area contributed by atoms with Gasteiger partial charge in [-0.05, 0) is 48.7 Å². The predicted molar refractivity (Wildman–Crippen MR) is 182 cm³/mol. The van der Waals surface area contributed by atoms with Gasteiger partial charge in [0.15, 0.2) is 0 Å². The molecule has 2 rings (SSSR count). The number of nitrogens with two attached hydrogens (primary N) is 1. The molecule has 0 unspecified atom stereocenters. The van der Waals surface area contributed by atoms with Gasteiger partial charge >= 0.3 is 0 Å². The van der Waals surface area contributed by atoms with E-state index < -0.39 is 0 Å². The number of rotatable bonds is 19. The molecule has 0 saturated heterocycles. The molecule has 1 amide bonds. The Morgan fingerprint density at radius 3 is 1.62 bits per heavy atom. The highest BCUT2D eigenvalue weighted by Crippen LogP contribution is 2.11. The molecule has 0 fully saturated rings. The summed E-state index contributed by atoms with van der Waals surface area (Å²) in [6.45, 7) is 4.42. The highest BCUT2D eigenvalue weighted by Gasteiger charge is 2.09. The maximum absolute atomic E-state index is 11.7. The van der Waals surface area contributed by atoms with Crippen molar-refractivity contribution in [2.45, 2.75) is 123 Å². The second kappa shape index (κ2) is 33.1. The summed E-state index contributed by atoms with van der Waals surface area (Å²) in [6, 6.07) is 7.10. The molecule has 7 nitrogen and oxygen atoms in total. The molecule has 2 aromatic heterocycles. The van der Waals surface area contributed by atoms with E-state index in [0.29, 0.717) is 24.2 Å². The topological polar surface area (TPSA) is 115 Å². The monoisotopic (exact) mass is 638 g/mol. The van der Waals surface area contributed by atoms with Crippen LogP contribution in [0.1, 0.15) is 123 Å². The van der Waals surface area contributed by atoms with Crippen molar-refractivity contribution in [3.63, 3.8) is 0 Å². The minimum atomic E-state index is -0.254. The summed E-state index contributed by atoms with van der Waals surface area (Å²) in [5.41, 5.74) is 6.64. The molecule has 10 heteroatoms. The van der Waals surface area contributed by atoms with E-state index >= 15 is 0 Å². The lowest BCUT2D eigenvalue weighted by Crippen LogP contribution is -2.16. The number of halogens is 1. The maximum Gasteiger partial charge on any atom is 0.231 e. The highest BCUT2D eigenvalue weighted by atomic mass is 35.5. The largest absolute Gasteiger partial charge is 0.397 e. The molecule has 0 bridgehead atoms. The van der Waals surface area contributed by atoms with Crippen LogP contribution in [0, 0.1) is 0 Å². The summed E-state index contributed by atoms with van der Waals surface area (Å²) in [5, 5.41) is 2.48. The number of nitrogens with one attached hydrogen (secondary N) is 1. The number of hydrogen-bond donors (Lipinski definition) is 2. The van der Waals surface area contributed by atoms with Crippen LogP contribution in [0.15, 0.2) is 49.1 Å². The van der Waals surface area contributed by atoms with Gasteiger partial charge in [0.25, 0.3) is 0 Å². The predicted octanol–water partition coefficient (Wildman–Crippen LogP) is 8.67. The zero-order valence-electron chi connectivity index (χ0n) is 25.5. The normalized spacial score (nSPS) is 9.60. The van der Waals surface area contributed by atoms with Gasteiger partial charge < -0.3 is 11.1 Å². The number of nitrogen functional groups attached to an aromatic ring is 1. The van der Waals surface area contributed by atoms with Crippen molar-refractivity contribution in [3.05, 3.63) is 49.1 Å². The van der Waals surface area contributed by atoms with Crippen LogP contribution in [0.4, 0.5) is 11.4 Å². The molecule has 2 aromatic rings. The number of hydrogen-bond acceptors (Lipinski definition) is 8. The quantitative estimate of drug-likeness (QED) is 0.0892. The van der Waals surface area contributed by atoms with Crippen LogP contribution in [0.3, 0.4) is 0 Å². The number of nitrogens with zero attached hydrogens (tertiary/aromatic N) is 2. The minimum Gasteiger partial charge on any atom is -0.397 e. The fraction of sp³-hybridized carbons (Fsp3) is 0.594. The molecule has 0 atom stereocenters. The SMILES string of the molecule is CCCCCCCCCC(=O)CC(=O)Nc1cccnc1.CCCCCCCCCC(=O)Cl.Nc1cccnc1.S=S. The molecule has 0 spiro atoms. The van der Waals surface area contributed by atoms with Crippen LogP contribution < -0.4 is 11.1 Å². The van der Waals surface area contributed by atoms with Crippen molar-refractivity contribution in [1.82, 2.24) is 9.97 Å². The summed E-state index contributed by atoms with van der Waals surface area (Å²) < 4.78 is 0. The Morgan fingerprint density at radius 1 is 0.738 bits per heavy atom. The Morgan fingerprint density at radius 2 is 1.21 bits per heavy atom. The summed E-state index contributed by atoms with van der Waals surface area (Å²) in [6.07, 6.45) is 24.5. The zero-order valence-corrected chi connectivity index (χ0v) is 27.9. The smallest absolute Gasteiger partial charge is 0.231 e. The van der Waals surface area contributed by atoms with Gasteiger partial charge in [0.05, 0.1) is 24.0 Å². The van der Waals surface area contributed by atoms with E-state index in [2.05, 4.69) is 51.5 Å². The van der Waals surface area contributed by atoms with Gasteiger partial charge in [-0.25, -0.2) is 0 Å². The Hall–Kier alpha value is -2.36. The van der Waals surface area contributed by atoms with E-state index in [4.69, 9.17) is 17.3 Å². The van der Waals surface area contributed by atoms with Crippen LogP contribution in [-0.2, 0) is 36.8 Å². The zero-order chi connectivity index (χ0) is 31.7. The molecule has 0 saturated carbocycles. The van der Waals surface area contributed by atoms with Crippen LogP contribution in [0.5, 0.6) is 0 Å². The molecule has 3 N–H and O–H groups in total. The molecule has 42 heavy (non-hydrogen) atoms. The first kappa shape index (κ1) is 41.8. The van der Waals surface area contributed by atoms with Crippen molar-refractivity contribution < 1.29 is 14.4 Å². The third-order valence-electron chi connectivity index (χ3n) is 6.02. The van der Waals surface area contributed by atoms with Crippen LogP contribution in [0.25, 0.3) is 0 Å². The third kappa shape index (κ3) is 32.2. The van der Waals surface area contributed by atoms with E-state index in [9.17, 15) is 14.4 Å². The van der Waals surface area contributed by atoms with Gasteiger partial charge in [-0.3, -0.25) is 24.4 Å². The molecule has 0 aliphatic heterocycles. The van der Waals surface area contributed by atoms with Gasteiger partial charge in [-0.1, -0.05) is 90.9 Å². The average molecular weight is 639 g/mol. The molecular weight excluding hydrogens is 588 g/mol. The lowest BCUT2D eigenvalue weighted by Gasteiger charge is -2.04. The number of unbranched alkanes of at least 4 members (excludes halogenated alkanes) is 12. The minimum absolute atomic E-state index is 0.0185. The molecule has 236 valence electrons. The van der Waals surface area contributed by atoms with E-state index in [1.54, 1.807) is 49.1 Å². The summed E-state index contributed by atoms with van der Waals surface area (Å²) >= 11 is 12.5. The Labute approximate surface area is 268 Å². The van der Waals surface area contributed by atoms with Crippen LogP contribution in [-0.4, -0.2) is 26.9 Å². The van der Waals surface area contributed by atoms with E-state index in [-0.39, 0.29) is 23.4 Å². The number of amides is 1. The number of carbonyl (C=O) groups is 3. The van der Waals surface area contributed by atoms with Crippen molar-refractivity contribution in [2.24, 2.45) is 0 Å². The first-order chi connectivity index (χ1) is 20.4. The Bertz CT molecular complexity index is 909. The number of carbonyl (C=O) groups excluding carboxylic acids is 3. The molecule has 0 aromatic carbocycles. The van der Waals surface area contributed by atoms with Crippen molar-refractivity contribution in [2.75, 3.05) is 11.1 Å². The highest BCUT2D eigenvalue weighted by molar-refractivity contribution is 8.07. The molecule has 2 heterocycles. The first-order valence-electron chi connectivity index (χ1n) is 15.1. The summed E-state index contributed by atoms with van der Waals surface area (Å²) in [7, 11) is 0. The molecule has 0 aliphatic carbocycles. The second-order valence-corrected chi connectivity index (χ2v) is 10.3. The number of anilines is 2.